The second-order valence-corrected chi connectivity index (χ2v) is 5.15. The van der Waals surface area contributed by atoms with Gasteiger partial charge in [-0.1, -0.05) is 30.3 Å². The summed E-state index contributed by atoms with van der Waals surface area (Å²) in [5, 5.41) is 2.95. The summed E-state index contributed by atoms with van der Waals surface area (Å²) < 4.78 is 5.38. The van der Waals surface area contributed by atoms with Crippen LogP contribution in [0.25, 0.3) is 0 Å². The van der Waals surface area contributed by atoms with Gasteiger partial charge in [0.05, 0.1) is 5.56 Å². The molecule has 1 aromatic heterocycles. The van der Waals surface area contributed by atoms with Crippen LogP contribution in [0.15, 0.2) is 40.8 Å². The maximum atomic E-state index is 12.2. The van der Waals surface area contributed by atoms with E-state index in [2.05, 4.69) is 5.32 Å². The molecule has 106 valence electrons. The van der Waals surface area contributed by atoms with Crippen molar-refractivity contribution in [3.63, 3.8) is 0 Å². The van der Waals surface area contributed by atoms with E-state index >= 15 is 0 Å². The first kappa shape index (κ1) is 14.7. The van der Waals surface area contributed by atoms with Gasteiger partial charge in [-0.3, -0.25) is 4.79 Å². The molecule has 0 saturated heterocycles. The van der Waals surface area contributed by atoms with E-state index in [0.29, 0.717) is 23.6 Å². The molecule has 0 aliphatic rings. The minimum atomic E-state index is -0.138. The summed E-state index contributed by atoms with van der Waals surface area (Å²) in [5.74, 6) is 1.60. The molecule has 1 N–H and O–H groups in total. The Balaban J connectivity index is 2.03. The average molecular weight is 292 g/mol. The Kier molecular flexibility index (Phi) is 4.85. The van der Waals surface area contributed by atoms with Crippen LogP contribution >= 0.6 is 11.6 Å². The first-order valence-electron chi connectivity index (χ1n) is 6.58. The zero-order valence-electron chi connectivity index (χ0n) is 11.7. The number of hydrogen-bond acceptors (Lipinski definition) is 2. The number of furan rings is 1. The van der Waals surface area contributed by atoms with E-state index in [1.807, 2.05) is 37.3 Å². The molecule has 1 amide bonds. The van der Waals surface area contributed by atoms with Crippen LogP contribution in [0.4, 0.5) is 0 Å². The third-order valence-electron chi connectivity index (χ3n) is 3.13. The maximum Gasteiger partial charge on any atom is 0.255 e. The fourth-order valence-corrected chi connectivity index (χ4v) is 2.35. The highest BCUT2D eigenvalue weighted by Crippen LogP contribution is 2.14. The zero-order valence-corrected chi connectivity index (χ0v) is 12.4. The van der Waals surface area contributed by atoms with Crippen molar-refractivity contribution in [3.8, 4) is 0 Å². The van der Waals surface area contributed by atoms with Gasteiger partial charge in [0.2, 0.25) is 0 Å². The smallest absolute Gasteiger partial charge is 0.255 e. The van der Waals surface area contributed by atoms with Gasteiger partial charge in [-0.15, -0.1) is 11.6 Å². The zero-order chi connectivity index (χ0) is 14.5. The van der Waals surface area contributed by atoms with E-state index in [1.54, 1.807) is 13.0 Å². The summed E-state index contributed by atoms with van der Waals surface area (Å²) in [7, 11) is 0. The number of alkyl halides is 1. The normalized spacial score (nSPS) is 12.2. The second-order valence-electron chi connectivity index (χ2n) is 4.84. The quantitative estimate of drug-likeness (QED) is 0.857. The molecule has 0 radical (unpaired) electrons. The standard InChI is InChI=1S/C16H18ClNO2/c1-11-8-15(12(2)20-11)16(19)18-14(10-17)9-13-6-4-3-5-7-13/h3-8,14H,9-10H2,1-2H3,(H,18,19). The Morgan fingerprint density at radius 2 is 2.00 bits per heavy atom. The summed E-state index contributed by atoms with van der Waals surface area (Å²) in [4.78, 5) is 12.2. The predicted molar refractivity (Wildman–Crippen MR) is 80.3 cm³/mol. The molecule has 1 heterocycles. The van der Waals surface area contributed by atoms with E-state index < -0.39 is 0 Å². The predicted octanol–water partition coefficient (Wildman–Crippen LogP) is 3.48. The number of carbonyl (C=O) groups excluding carboxylic acids is 1. The highest BCUT2D eigenvalue weighted by atomic mass is 35.5. The summed E-state index contributed by atoms with van der Waals surface area (Å²) >= 11 is 5.96. The van der Waals surface area contributed by atoms with Crippen molar-refractivity contribution in [2.45, 2.75) is 26.3 Å². The molecule has 0 bridgehead atoms. The van der Waals surface area contributed by atoms with E-state index in [4.69, 9.17) is 16.0 Å². The lowest BCUT2D eigenvalue weighted by Crippen LogP contribution is -2.37. The Bertz CT molecular complexity index is 577. The molecule has 4 heteroatoms. The van der Waals surface area contributed by atoms with Crippen LogP contribution in [-0.4, -0.2) is 17.8 Å². The van der Waals surface area contributed by atoms with Gasteiger partial charge in [0.25, 0.3) is 5.91 Å². The molecule has 3 nitrogen and oxygen atoms in total. The Morgan fingerprint density at radius 3 is 2.55 bits per heavy atom. The van der Waals surface area contributed by atoms with Crippen molar-refractivity contribution >= 4 is 17.5 Å². The molecular weight excluding hydrogens is 274 g/mol. The molecule has 1 unspecified atom stereocenters. The monoisotopic (exact) mass is 291 g/mol. The van der Waals surface area contributed by atoms with Gasteiger partial charge >= 0.3 is 0 Å². The van der Waals surface area contributed by atoms with Crippen LogP contribution in [0.3, 0.4) is 0 Å². The molecule has 1 atom stereocenters. The van der Waals surface area contributed by atoms with Gasteiger partial charge in [-0.05, 0) is 31.9 Å². The number of rotatable bonds is 5. The van der Waals surface area contributed by atoms with Crippen LogP contribution in [0.1, 0.15) is 27.4 Å². The van der Waals surface area contributed by atoms with Gasteiger partial charge in [-0.2, -0.15) is 0 Å². The number of halogens is 1. The van der Waals surface area contributed by atoms with Gasteiger partial charge in [0.15, 0.2) is 0 Å². The van der Waals surface area contributed by atoms with Gasteiger partial charge < -0.3 is 9.73 Å². The highest BCUT2D eigenvalue weighted by molar-refractivity contribution is 6.18. The van der Waals surface area contributed by atoms with Crippen molar-refractivity contribution in [3.05, 3.63) is 59.0 Å². The first-order valence-corrected chi connectivity index (χ1v) is 7.11. The summed E-state index contributed by atoms with van der Waals surface area (Å²) in [6.45, 7) is 3.61. The van der Waals surface area contributed by atoms with E-state index in [1.165, 1.54) is 0 Å². The van der Waals surface area contributed by atoms with Crippen LogP contribution in [0.2, 0.25) is 0 Å². The molecule has 2 aromatic rings. The number of amides is 1. The number of carbonyl (C=O) groups is 1. The SMILES string of the molecule is Cc1cc(C(=O)NC(CCl)Cc2ccccc2)c(C)o1. The van der Waals surface area contributed by atoms with Crippen molar-refractivity contribution < 1.29 is 9.21 Å². The lowest BCUT2D eigenvalue weighted by atomic mass is 10.1. The molecule has 0 aliphatic carbocycles. The Hall–Kier alpha value is -1.74. The summed E-state index contributed by atoms with van der Waals surface area (Å²) in [6, 6.07) is 11.6. The van der Waals surface area contributed by atoms with Crippen LogP contribution in [-0.2, 0) is 6.42 Å². The lowest BCUT2D eigenvalue weighted by Gasteiger charge is -2.15. The van der Waals surface area contributed by atoms with E-state index in [9.17, 15) is 4.79 Å². The second kappa shape index (κ2) is 6.62. The fourth-order valence-electron chi connectivity index (χ4n) is 2.16. The van der Waals surface area contributed by atoms with E-state index in [-0.39, 0.29) is 11.9 Å². The maximum absolute atomic E-state index is 12.2. The molecule has 0 aliphatic heterocycles. The lowest BCUT2D eigenvalue weighted by molar-refractivity contribution is 0.0939. The summed E-state index contributed by atoms with van der Waals surface area (Å²) in [5.41, 5.74) is 1.73. The molecule has 1 aromatic carbocycles. The third-order valence-corrected chi connectivity index (χ3v) is 3.50. The average Bonchev–Trinajstić information content (AvgIpc) is 2.78. The molecule has 0 fully saturated rings. The van der Waals surface area contributed by atoms with Crippen LogP contribution in [0.5, 0.6) is 0 Å². The van der Waals surface area contributed by atoms with Gasteiger partial charge in [0, 0.05) is 11.9 Å². The number of benzene rings is 1. The fraction of sp³-hybridized carbons (Fsp3) is 0.312. The van der Waals surface area contributed by atoms with Gasteiger partial charge in [-0.25, -0.2) is 0 Å². The van der Waals surface area contributed by atoms with E-state index in [0.717, 1.165) is 11.3 Å². The molecule has 0 spiro atoms. The topological polar surface area (TPSA) is 42.2 Å². The molecule has 0 saturated carbocycles. The minimum absolute atomic E-state index is 0.0961. The largest absolute Gasteiger partial charge is 0.466 e. The number of nitrogens with one attached hydrogen (secondary N) is 1. The van der Waals surface area contributed by atoms with Crippen molar-refractivity contribution in [2.24, 2.45) is 0 Å². The third kappa shape index (κ3) is 3.64. The van der Waals surface area contributed by atoms with Crippen molar-refractivity contribution in [1.29, 1.82) is 0 Å². The Labute approximate surface area is 123 Å². The minimum Gasteiger partial charge on any atom is -0.466 e. The first-order chi connectivity index (χ1) is 9.60. The molecular formula is C16H18ClNO2. The highest BCUT2D eigenvalue weighted by Gasteiger charge is 2.17. The number of aryl methyl sites for hydroxylation is 2. The van der Waals surface area contributed by atoms with Gasteiger partial charge in [0.1, 0.15) is 11.5 Å². The summed E-state index contributed by atoms with van der Waals surface area (Å²) in [6.07, 6.45) is 0.714. The van der Waals surface area contributed by atoms with Crippen LogP contribution in [0, 0.1) is 13.8 Å². The van der Waals surface area contributed by atoms with Crippen molar-refractivity contribution in [2.75, 3.05) is 5.88 Å². The van der Waals surface area contributed by atoms with Crippen LogP contribution < -0.4 is 5.32 Å². The number of hydrogen-bond donors (Lipinski definition) is 1. The Morgan fingerprint density at radius 1 is 1.30 bits per heavy atom. The molecule has 20 heavy (non-hydrogen) atoms. The molecule has 2 rings (SSSR count). The van der Waals surface area contributed by atoms with Crippen molar-refractivity contribution in [1.82, 2.24) is 5.32 Å².